The molecule has 0 spiro atoms. The van der Waals surface area contributed by atoms with Gasteiger partial charge in [-0.15, -0.1) is 0 Å². The van der Waals surface area contributed by atoms with Crippen molar-refractivity contribution in [3.05, 3.63) is 72.9 Å². The van der Waals surface area contributed by atoms with Crippen LogP contribution in [-0.4, -0.2) is 69.4 Å². The second kappa shape index (κ2) is 60.6. The number of allylic oxidation sites excluding steroid dienone is 11. The first-order valence-corrected chi connectivity index (χ1v) is 35.7. The van der Waals surface area contributed by atoms with Crippen LogP contribution in [0.1, 0.15) is 316 Å². The monoisotopic (exact) mass is 1150 g/mol. The molecule has 0 heterocycles. The summed E-state index contributed by atoms with van der Waals surface area (Å²) >= 11 is 0. The van der Waals surface area contributed by atoms with Gasteiger partial charge in [0.25, 0.3) is 7.82 Å². The average molecular weight is 1160 g/mol. The van der Waals surface area contributed by atoms with E-state index in [1.165, 1.54) is 193 Å². The zero-order chi connectivity index (χ0) is 59.3. The van der Waals surface area contributed by atoms with Crippen LogP contribution in [-0.2, 0) is 27.9 Å². The third-order valence-electron chi connectivity index (χ3n) is 15.1. The molecule has 3 atom stereocenters. The number of esters is 1. The van der Waals surface area contributed by atoms with Crippen LogP contribution >= 0.6 is 7.82 Å². The lowest BCUT2D eigenvalue weighted by Crippen LogP contribution is -2.47. The molecule has 0 aliphatic carbocycles. The Labute approximate surface area is 502 Å². The van der Waals surface area contributed by atoms with Crippen LogP contribution in [0, 0.1) is 0 Å². The zero-order valence-electron chi connectivity index (χ0n) is 54.0. The molecule has 0 saturated carbocycles. The van der Waals surface area contributed by atoms with E-state index in [4.69, 9.17) is 13.8 Å². The van der Waals surface area contributed by atoms with E-state index in [0.29, 0.717) is 23.9 Å². The number of hydrogen-bond acceptors (Lipinski definition) is 7. The Kier molecular flexibility index (Phi) is 58.7. The average Bonchev–Trinajstić information content (AvgIpc) is 3.44. The zero-order valence-corrected chi connectivity index (χ0v) is 54.9. The second-order valence-corrected chi connectivity index (χ2v) is 25.7. The number of hydrogen-bond donors (Lipinski definition) is 1. The highest BCUT2D eigenvalue weighted by molar-refractivity contribution is 7.45. The number of ether oxygens (including phenoxy) is 1. The Balaban J connectivity index is 5.06. The summed E-state index contributed by atoms with van der Waals surface area (Å²) in [6.45, 7) is 6.80. The molecule has 0 aliphatic rings. The second-order valence-electron chi connectivity index (χ2n) is 24.3. The molecule has 0 aromatic carbocycles. The topological polar surface area (TPSA) is 114 Å². The Morgan fingerprint density at radius 2 is 0.753 bits per heavy atom. The van der Waals surface area contributed by atoms with Crippen molar-refractivity contribution in [1.29, 1.82) is 0 Å². The van der Waals surface area contributed by atoms with Crippen molar-refractivity contribution in [3.63, 3.8) is 0 Å². The van der Waals surface area contributed by atoms with E-state index >= 15 is 0 Å². The van der Waals surface area contributed by atoms with Crippen LogP contribution in [0.3, 0.4) is 0 Å². The largest absolute Gasteiger partial charge is 0.756 e. The standard InChI is InChI=1S/C71H131N2O7P/c1-7-10-13-16-19-22-25-27-29-31-33-34-35-36-37-38-40-41-43-45-48-51-54-57-60-63-70(74)72-68(67-79-81(76,77)78-66-65-73(4,5)6)69(62-59-56-53-50-47-24-21-18-15-12-9-3)80-71(75)64-61-58-55-52-49-46-44-42-39-32-30-28-26-23-20-17-14-11-8-2/h19-20,22-23,27-30,39,42,59,62,68-69H,7-18,21,24-26,31-38,40-41,43-58,60-61,63-67H2,1-6H3,(H-,72,74,76,77)/b22-19-,23-20-,29-27-,30-28-,42-39-,62-59-. The lowest BCUT2D eigenvalue weighted by atomic mass is 10.0. The molecule has 10 heteroatoms. The lowest BCUT2D eigenvalue weighted by Gasteiger charge is -2.30. The minimum atomic E-state index is -4.71. The van der Waals surface area contributed by atoms with Gasteiger partial charge in [0.2, 0.25) is 5.91 Å². The fourth-order valence-corrected chi connectivity index (χ4v) is 10.5. The number of quaternary nitrogens is 1. The molecular weight excluding hydrogens is 1020 g/mol. The summed E-state index contributed by atoms with van der Waals surface area (Å²) in [4.78, 5) is 40.1. The van der Waals surface area contributed by atoms with E-state index in [-0.39, 0.29) is 24.9 Å². The Hall–Kier alpha value is -2.55. The number of amides is 1. The van der Waals surface area contributed by atoms with Crippen molar-refractivity contribution in [2.75, 3.05) is 40.9 Å². The maximum atomic E-state index is 13.6. The fourth-order valence-electron chi connectivity index (χ4n) is 9.80. The highest BCUT2D eigenvalue weighted by atomic mass is 31.2. The number of phosphoric ester groups is 1. The number of nitrogens with zero attached hydrogens (tertiary/aromatic N) is 1. The van der Waals surface area contributed by atoms with Crippen molar-refractivity contribution in [1.82, 2.24) is 5.32 Å². The molecule has 3 unspecified atom stereocenters. The number of likely N-dealkylation sites (N-methyl/N-ethyl adjacent to an activating group) is 1. The summed E-state index contributed by atoms with van der Waals surface area (Å²) in [5.41, 5.74) is 0. The summed E-state index contributed by atoms with van der Waals surface area (Å²) in [5.74, 6) is -0.549. The SMILES string of the molecule is CCCCC/C=C\C/C=C\C/C=C\CCCCCCCCC(=O)OC(/C=C\CCCCCCCCCCC)C(COP(=O)([O-])OCC[N+](C)(C)C)NC(=O)CCCCCCCCCCCCCCCCC/C=C\C/C=C\CCCCC. The Morgan fingerprint density at radius 3 is 1.15 bits per heavy atom. The molecule has 0 bridgehead atoms. The number of carbonyl (C=O) groups is 2. The van der Waals surface area contributed by atoms with E-state index in [1.54, 1.807) is 0 Å². The van der Waals surface area contributed by atoms with Crippen LogP contribution in [0.2, 0.25) is 0 Å². The minimum Gasteiger partial charge on any atom is -0.756 e. The number of phosphoric acid groups is 1. The molecular formula is C71H131N2O7P. The number of unbranched alkanes of at least 4 members (excludes halogenated alkanes) is 36. The predicted octanol–water partition coefficient (Wildman–Crippen LogP) is 20.9. The van der Waals surface area contributed by atoms with E-state index in [1.807, 2.05) is 33.3 Å². The molecule has 0 radical (unpaired) electrons. The number of nitrogens with one attached hydrogen (secondary N) is 1. The van der Waals surface area contributed by atoms with Crippen molar-refractivity contribution < 1.29 is 37.3 Å². The molecule has 0 fully saturated rings. The number of rotatable bonds is 62. The highest BCUT2D eigenvalue weighted by Crippen LogP contribution is 2.38. The summed E-state index contributed by atoms with van der Waals surface area (Å²) in [7, 11) is 1.18. The summed E-state index contributed by atoms with van der Waals surface area (Å²) in [6.07, 6.45) is 78.8. The quantitative estimate of drug-likeness (QED) is 0.0212. The maximum absolute atomic E-state index is 13.6. The summed E-state index contributed by atoms with van der Waals surface area (Å²) < 4.78 is 30.4. The van der Waals surface area contributed by atoms with E-state index in [9.17, 15) is 19.0 Å². The van der Waals surface area contributed by atoms with Crippen molar-refractivity contribution >= 4 is 19.7 Å². The molecule has 1 amide bonds. The third-order valence-corrected chi connectivity index (χ3v) is 16.1. The van der Waals surface area contributed by atoms with Crippen molar-refractivity contribution in [2.24, 2.45) is 0 Å². The molecule has 9 nitrogen and oxygen atoms in total. The van der Waals surface area contributed by atoms with E-state index in [2.05, 4.69) is 86.8 Å². The van der Waals surface area contributed by atoms with Crippen LogP contribution < -0.4 is 10.2 Å². The third kappa shape index (κ3) is 61.8. The van der Waals surface area contributed by atoms with Gasteiger partial charge in [0.1, 0.15) is 19.3 Å². The predicted molar refractivity (Wildman–Crippen MR) is 348 cm³/mol. The maximum Gasteiger partial charge on any atom is 0.306 e. The van der Waals surface area contributed by atoms with Gasteiger partial charge in [0.15, 0.2) is 0 Å². The molecule has 0 aromatic rings. The highest BCUT2D eigenvalue weighted by Gasteiger charge is 2.27. The molecule has 0 rings (SSSR count). The molecule has 81 heavy (non-hydrogen) atoms. The summed E-state index contributed by atoms with van der Waals surface area (Å²) in [6, 6.07) is -0.896. The number of carbonyl (C=O) groups excluding carboxylic acids is 2. The van der Waals surface area contributed by atoms with Gasteiger partial charge in [-0.05, 0) is 102 Å². The molecule has 0 aliphatic heterocycles. The summed E-state index contributed by atoms with van der Waals surface area (Å²) in [5, 5.41) is 3.04. The van der Waals surface area contributed by atoms with Gasteiger partial charge in [0, 0.05) is 12.8 Å². The van der Waals surface area contributed by atoms with Gasteiger partial charge in [-0.3, -0.25) is 14.2 Å². The van der Waals surface area contributed by atoms with Gasteiger partial charge in [-0.1, -0.05) is 274 Å². The van der Waals surface area contributed by atoms with E-state index in [0.717, 1.165) is 83.5 Å². The van der Waals surface area contributed by atoms with Crippen molar-refractivity contribution in [3.8, 4) is 0 Å². The van der Waals surface area contributed by atoms with Crippen molar-refractivity contribution in [2.45, 2.75) is 328 Å². The van der Waals surface area contributed by atoms with Gasteiger partial charge in [-0.2, -0.15) is 0 Å². The van der Waals surface area contributed by atoms with Crippen LogP contribution in [0.25, 0.3) is 0 Å². The van der Waals surface area contributed by atoms with Gasteiger partial charge < -0.3 is 28.5 Å². The lowest BCUT2D eigenvalue weighted by molar-refractivity contribution is -0.870. The molecule has 1 N–H and O–H groups in total. The Morgan fingerprint density at radius 1 is 0.432 bits per heavy atom. The smallest absolute Gasteiger partial charge is 0.306 e. The fraction of sp³-hybridized carbons (Fsp3) is 0.803. The molecule has 472 valence electrons. The first-order chi connectivity index (χ1) is 39.4. The first kappa shape index (κ1) is 78.5. The normalized spacial score (nSPS) is 14.0. The van der Waals surface area contributed by atoms with Gasteiger partial charge >= 0.3 is 5.97 Å². The van der Waals surface area contributed by atoms with Crippen LogP contribution in [0.5, 0.6) is 0 Å². The first-order valence-electron chi connectivity index (χ1n) is 34.2. The van der Waals surface area contributed by atoms with E-state index < -0.39 is 26.6 Å². The van der Waals surface area contributed by atoms with Crippen LogP contribution in [0.15, 0.2) is 72.9 Å². The van der Waals surface area contributed by atoms with Gasteiger partial charge in [0.05, 0.1) is 33.8 Å². The minimum absolute atomic E-state index is 0.0258. The molecule has 0 saturated heterocycles. The van der Waals surface area contributed by atoms with Gasteiger partial charge in [-0.25, -0.2) is 0 Å². The Bertz CT molecular complexity index is 1620. The van der Waals surface area contributed by atoms with Crippen LogP contribution in [0.4, 0.5) is 0 Å². The molecule has 0 aromatic heterocycles.